The number of rotatable bonds is 4. The number of benzene rings is 1. The van der Waals surface area contributed by atoms with Gasteiger partial charge in [0.25, 0.3) is 0 Å². The third kappa shape index (κ3) is 3.17. The zero-order chi connectivity index (χ0) is 14.7. The number of aryl methyl sites for hydroxylation is 2. The Labute approximate surface area is 121 Å². The molecule has 0 spiro atoms. The number of halogens is 1. The predicted octanol–water partition coefficient (Wildman–Crippen LogP) is 3.87. The summed E-state index contributed by atoms with van der Waals surface area (Å²) in [5, 5.41) is 1.75. The fraction of sp³-hybridized carbons (Fsp3) is 0.267. The number of esters is 1. The Bertz CT molecular complexity index is 611. The number of methoxy groups -OCH3 is 1. The molecule has 0 saturated carbocycles. The molecule has 0 bridgehead atoms. The Morgan fingerprint density at radius 3 is 2.50 bits per heavy atom. The van der Waals surface area contributed by atoms with Gasteiger partial charge in [0.2, 0.25) is 0 Å². The van der Waals surface area contributed by atoms with Crippen molar-refractivity contribution in [2.75, 3.05) is 7.11 Å². The van der Waals surface area contributed by atoms with Crippen molar-refractivity contribution in [1.29, 1.82) is 0 Å². The minimum Gasteiger partial charge on any atom is -0.488 e. The van der Waals surface area contributed by atoms with Crippen molar-refractivity contribution in [1.82, 2.24) is 0 Å². The molecule has 0 saturated heterocycles. The van der Waals surface area contributed by atoms with Crippen molar-refractivity contribution in [2.24, 2.45) is 0 Å². The fourth-order valence-electron chi connectivity index (χ4n) is 1.93. The van der Waals surface area contributed by atoms with Crippen LogP contribution in [0.1, 0.15) is 26.4 Å². The normalized spacial score (nSPS) is 10.4. The molecule has 3 nitrogen and oxygen atoms in total. The molecule has 2 rings (SSSR count). The largest absolute Gasteiger partial charge is 0.488 e. The second kappa shape index (κ2) is 6.05. The number of thiophene rings is 1. The van der Waals surface area contributed by atoms with E-state index in [1.54, 1.807) is 11.4 Å². The van der Waals surface area contributed by atoms with Crippen molar-refractivity contribution in [3.05, 3.63) is 51.0 Å². The Morgan fingerprint density at radius 1 is 1.25 bits per heavy atom. The lowest BCUT2D eigenvalue weighted by Crippen LogP contribution is -2.01. The number of carbonyl (C=O) groups excluding carboxylic acids is 1. The summed E-state index contributed by atoms with van der Waals surface area (Å²) in [6, 6.07) is 4.61. The lowest BCUT2D eigenvalue weighted by molar-refractivity contribution is 0.0606. The van der Waals surface area contributed by atoms with Gasteiger partial charge >= 0.3 is 5.97 Å². The first-order chi connectivity index (χ1) is 9.51. The molecule has 1 aromatic carbocycles. The molecule has 0 atom stereocenters. The second-order valence-electron chi connectivity index (χ2n) is 4.45. The molecule has 1 aromatic heterocycles. The summed E-state index contributed by atoms with van der Waals surface area (Å²) >= 11 is 1.27. The van der Waals surface area contributed by atoms with Crippen molar-refractivity contribution in [3.8, 4) is 5.75 Å². The van der Waals surface area contributed by atoms with Crippen molar-refractivity contribution < 1.29 is 18.7 Å². The van der Waals surface area contributed by atoms with E-state index in [1.165, 1.54) is 30.6 Å². The summed E-state index contributed by atoms with van der Waals surface area (Å²) in [4.78, 5) is 11.8. The smallest absolute Gasteiger partial charge is 0.348 e. The van der Waals surface area contributed by atoms with E-state index in [2.05, 4.69) is 4.74 Å². The third-order valence-corrected chi connectivity index (χ3v) is 3.89. The average Bonchev–Trinajstić information content (AvgIpc) is 2.85. The highest BCUT2D eigenvalue weighted by molar-refractivity contribution is 7.12. The molecule has 0 unspecified atom stereocenters. The van der Waals surface area contributed by atoms with Crippen LogP contribution in [0.5, 0.6) is 5.75 Å². The fourth-order valence-corrected chi connectivity index (χ4v) is 2.67. The molecule has 2 aromatic rings. The van der Waals surface area contributed by atoms with E-state index in [0.717, 1.165) is 16.7 Å². The number of hydrogen-bond acceptors (Lipinski definition) is 4. The standard InChI is InChI=1S/C15H15FO3S/c1-9-4-11(16)5-10(2)13(9)7-19-12-6-14(20-8-12)15(17)18-3/h4-6,8H,7H2,1-3H3. The van der Waals surface area contributed by atoms with Gasteiger partial charge in [0.1, 0.15) is 23.1 Å². The maximum atomic E-state index is 13.2. The van der Waals surface area contributed by atoms with E-state index < -0.39 is 0 Å². The van der Waals surface area contributed by atoms with Crippen LogP contribution in [-0.4, -0.2) is 13.1 Å². The molecule has 0 radical (unpaired) electrons. The average molecular weight is 294 g/mol. The molecule has 0 aliphatic carbocycles. The Hall–Kier alpha value is -1.88. The molecular formula is C15H15FO3S. The molecular weight excluding hydrogens is 279 g/mol. The van der Waals surface area contributed by atoms with Crippen LogP contribution >= 0.6 is 11.3 Å². The molecule has 0 aliphatic heterocycles. The predicted molar refractivity (Wildman–Crippen MR) is 75.9 cm³/mol. The quantitative estimate of drug-likeness (QED) is 0.803. The first-order valence-electron chi connectivity index (χ1n) is 6.06. The van der Waals surface area contributed by atoms with Crippen LogP contribution < -0.4 is 4.74 Å². The van der Waals surface area contributed by atoms with Crippen LogP contribution in [0.25, 0.3) is 0 Å². The molecule has 0 amide bonds. The zero-order valence-electron chi connectivity index (χ0n) is 11.5. The van der Waals surface area contributed by atoms with E-state index >= 15 is 0 Å². The molecule has 106 valence electrons. The van der Waals surface area contributed by atoms with E-state index in [4.69, 9.17) is 4.74 Å². The van der Waals surface area contributed by atoms with Crippen LogP contribution in [0.3, 0.4) is 0 Å². The summed E-state index contributed by atoms with van der Waals surface area (Å²) in [5.41, 5.74) is 2.66. The highest BCUT2D eigenvalue weighted by atomic mass is 32.1. The summed E-state index contributed by atoms with van der Waals surface area (Å²) in [6.07, 6.45) is 0. The van der Waals surface area contributed by atoms with E-state index in [0.29, 0.717) is 17.2 Å². The lowest BCUT2D eigenvalue weighted by atomic mass is 10.0. The van der Waals surface area contributed by atoms with Gasteiger partial charge in [-0.25, -0.2) is 9.18 Å². The monoisotopic (exact) mass is 294 g/mol. The van der Waals surface area contributed by atoms with Crippen LogP contribution in [0.2, 0.25) is 0 Å². The van der Waals surface area contributed by atoms with Gasteiger partial charge < -0.3 is 9.47 Å². The van der Waals surface area contributed by atoms with Crippen LogP contribution in [-0.2, 0) is 11.3 Å². The van der Waals surface area contributed by atoms with Gasteiger partial charge in [-0.05, 0) is 42.7 Å². The van der Waals surface area contributed by atoms with Crippen LogP contribution in [0, 0.1) is 19.7 Å². The maximum absolute atomic E-state index is 13.2. The van der Waals surface area contributed by atoms with Gasteiger partial charge in [-0.1, -0.05) is 0 Å². The Morgan fingerprint density at radius 2 is 1.90 bits per heavy atom. The van der Waals surface area contributed by atoms with Gasteiger partial charge in [0, 0.05) is 11.4 Å². The van der Waals surface area contributed by atoms with Crippen molar-refractivity contribution in [2.45, 2.75) is 20.5 Å². The van der Waals surface area contributed by atoms with E-state index in [-0.39, 0.29) is 11.8 Å². The Balaban J connectivity index is 2.09. The van der Waals surface area contributed by atoms with Crippen molar-refractivity contribution in [3.63, 3.8) is 0 Å². The second-order valence-corrected chi connectivity index (χ2v) is 5.36. The number of ether oxygens (including phenoxy) is 2. The minimum atomic E-state index is -0.376. The highest BCUT2D eigenvalue weighted by Crippen LogP contribution is 2.24. The van der Waals surface area contributed by atoms with E-state index in [1.807, 2.05) is 13.8 Å². The molecule has 0 N–H and O–H groups in total. The van der Waals surface area contributed by atoms with Crippen LogP contribution in [0.15, 0.2) is 23.6 Å². The summed E-state index contributed by atoms with van der Waals surface area (Å²) < 4.78 is 23.5. The Kier molecular flexibility index (Phi) is 4.39. The van der Waals surface area contributed by atoms with E-state index in [9.17, 15) is 9.18 Å². The maximum Gasteiger partial charge on any atom is 0.348 e. The molecule has 20 heavy (non-hydrogen) atoms. The third-order valence-electron chi connectivity index (χ3n) is 3.01. The SMILES string of the molecule is COC(=O)c1cc(OCc2c(C)cc(F)cc2C)cs1. The first kappa shape index (κ1) is 14.5. The summed E-state index contributed by atoms with van der Waals surface area (Å²) in [6.45, 7) is 4.04. The van der Waals surface area contributed by atoms with Gasteiger partial charge in [0.15, 0.2) is 0 Å². The minimum absolute atomic E-state index is 0.243. The van der Waals surface area contributed by atoms with Gasteiger partial charge in [-0.2, -0.15) is 0 Å². The van der Waals surface area contributed by atoms with Gasteiger partial charge in [-0.3, -0.25) is 0 Å². The topological polar surface area (TPSA) is 35.5 Å². The molecule has 5 heteroatoms. The van der Waals surface area contributed by atoms with Crippen molar-refractivity contribution >= 4 is 17.3 Å². The summed E-state index contributed by atoms with van der Waals surface area (Å²) in [7, 11) is 1.34. The summed E-state index contributed by atoms with van der Waals surface area (Å²) in [5.74, 6) is -0.00946. The number of hydrogen-bond donors (Lipinski definition) is 0. The van der Waals surface area contributed by atoms with Crippen LogP contribution in [0.4, 0.5) is 4.39 Å². The first-order valence-corrected chi connectivity index (χ1v) is 6.94. The highest BCUT2D eigenvalue weighted by Gasteiger charge is 2.11. The zero-order valence-corrected chi connectivity index (χ0v) is 12.3. The number of carbonyl (C=O) groups is 1. The molecule has 0 aliphatic rings. The molecule has 0 fully saturated rings. The molecule has 1 heterocycles. The van der Waals surface area contributed by atoms with Gasteiger partial charge in [-0.15, -0.1) is 11.3 Å². The van der Waals surface area contributed by atoms with Gasteiger partial charge in [0.05, 0.1) is 7.11 Å². The lowest BCUT2D eigenvalue weighted by Gasteiger charge is -2.10.